The first-order valence-electron chi connectivity index (χ1n) is 6.08. The lowest BCUT2D eigenvalue weighted by atomic mass is 9.87. The molecule has 0 bridgehead atoms. The van der Waals surface area contributed by atoms with Crippen molar-refractivity contribution in [3.05, 3.63) is 0 Å². The van der Waals surface area contributed by atoms with Crippen molar-refractivity contribution in [1.29, 1.82) is 0 Å². The molecule has 1 aliphatic rings. The first-order chi connectivity index (χ1) is 7.90. The van der Waals surface area contributed by atoms with Crippen LogP contribution in [0.3, 0.4) is 0 Å². The fourth-order valence-corrected chi connectivity index (χ4v) is 1.98. The number of carbonyl (C=O) groups excluding carboxylic acids is 1. The van der Waals surface area contributed by atoms with Crippen LogP contribution in [0, 0.1) is 5.92 Å². The number of hydrogen-bond donors (Lipinski definition) is 2. The number of rotatable bonds is 2. The number of hydrogen-bond acceptors (Lipinski definition) is 4. The Morgan fingerprint density at radius 1 is 1.35 bits per heavy atom. The van der Waals surface area contributed by atoms with E-state index in [1.54, 1.807) is 6.21 Å². The Hall–Kier alpha value is -1.26. The fourth-order valence-electron chi connectivity index (χ4n) is 1.98. The summed E-state index contributed by atoms with van der Waals surface area (Å²) < 4.78 is 5.20. The summed E-state index contributed by atoms with van der Waals surface area (Å²) in [6.45, 7) is 5.55. The Labute approximate surface area is 102 Å². The Bertz CT molecular complexity index is 276. The Kier molecular flexibility index (Phi) is 4.78. The number of carbonyl (C=O) groups is 1. The zero-order chi connectivity index (χ0) is 12.9. The van der Waals surface area contributed by atoms with Crippen LogP contribution in [-0.2, 0) is 4.74 Å². The topological polar surface area (TPSA) is 70.9 Å². The summed E-state index contributed by atoms with van der Waals surface area (Å²) in [6.07, 6.45) is 4.89. The lowest BCUT2D eigenvalue weighted by molar-refractivity contribution is 0.0491. The van der Waals surface area contributed by atoms with E-state index < -0.39 is 5.60 Å². The van der Waals surface area contributed by atoms with Gasteiger partial charge in [-0.25, -0.2) is 4.79 Å². The highest BCUT2D eigenvalue weighted by molar-refractivity contribution is 5.68. The SMILES string of the molecule is CC(C)(C)OC(=O)NC1CCC(/C=N/O)CC1. The molecule has 1 fully saturated rings. The highest BCUT2D eigenvalue weighted by atomic mass is 16.6. The third-order valence-corrected chi connectivity index (χ3v) is 2.77. The fraction of sp³-hybridized carbons (Fsp3) is 0.833. The second-order valence-corrected chi connectivity index (χ2v) is 5.52. The van der Waals surface area contributed by atoms with Crippen LogP contribution in [0.2, 0.25) is 0 Å². The molecule has 2 N–H and O–H groups in total. The summed E-state index contributed by atoms with van der Waals surface area (Å²) in [7, 11) is 0. The predicted octanol–water partition coefficient (Wildman–Crippen LogP) is 2.53. The molecule has 1 rings (SSSR count). The van der Waals surface area contributed by atoms with E-state index in [4.69, 9.17) is 9.94 Å². The first-order valence-corrected chi connectivity index (χ1v) is 6.08. The summed E-state index contributed by atoms with van der Waals surface area (Å²) in [5.41, 5.74) is -0.454. The van der Waals surface area contributed by atoms with Crippen molar-refractivity contribution >= 4 is 12.3 Å². The van der Waals surface area contributed by atoms with Gasteiger partial charge in [0.25, 0.3) is 0 Å². The monoisotopic (exact) mass is 242 g/mol. The number of oxime groups is 1. The molecule has 98 valence electrons. The standard InChI is InChI=1S/C12H22N2O3/c1-12(2,3)17-11(15)14-10-6-4-9(5-7-10)8-13-16/h8-10,16H,4-7H2,1-3H3,(H,14,15)/b13-8+. The summed E-state index contributed by atoms with van der Waals surface area (Å²) >= 11 is 0. The zero-order valence-corrected chi connectivity index (χ0v) is 10.8. The average molecular weight is 242 g/mol. The first kappa shape index (κ1) is 13.8. The molecule has 0 aromatic carbocycles. The Morgan fingerprint density at radius 2 is 1.94 bits per heavy atom. The molecule has 5 heteroatoms. The maximum absolute atomic E-state index is 11.5. The molecular weight excluding hydrogens is 220 g/mol. The normalized spacial score (nSPS) is 25.8. The van der Waals surface area contributed by atoms with Gasteiger partial charge in [-0.1, -0.05) is 0 Å². The van der Waals surface area contributed by atoms with E-state index in [1.165, 1.54) is 0 Å². The second-order valence-electron chi connectivity index (χ2n) is 5.52. The molecule has 0 aromatic rings. The molecule has 1 amide bonds. The van der Waals surface area contributed by atoms with Crippen LogP contribution in [0.25, 0.3) is 0 Å². The second kappa shape index (κ2) is 5.89. The zero-order valence-electron chi connectivity index (χ0n) is 10.8. The maximum atomic E-state index is 11.5. The number of nitrogens with zero attached hydrogens (tertiary/aromatic N) is 1. The van der Waals surface area contributed by atoms with Crippen molar-refractivity contribution in [3.63, 3.8) is 0 Å². The summed E-state index contributed by atoms with van der Waals surface area (Å²) in [5.74, 6) is 0.330. The van der Waals surface area contributed by atoms with E-state index in [0.29, 0.717) is 5.92 Å². The molecule has 0 heterocycles. The van der Waals surface area contributed by atoms with Crippen molar-refractivity contribution in [2.24, 2.45) is 11.1 Å². The molecule has 0 aliphatic heterocycles. The van der Waals surface area contributed by atoms with Crippen molar-refractivity contribution in [3.8, 4) is 0 Å². The van der Waals surface area contributed by atoms with Crippen LogP contribution >= 0.6 is 0 Å². The summed E-state index contributed by atoms with van der Waals surface area (Å²) in [5, 5.41) is 14.4. The Balaban J connectivity index is 2.28. The van der Waals surface area contributed by atoms with Crippen molar-refractivity contribution in [2.45, 2.75) is 58.1 Å². The molecule has 0 aromatic heterocycles. The minimum atomic E-state index is -0.454. The van der Waals surface area contributed by atoms with Crippen LogP contribution in [0.5, 0.6) is 0 Å². The van der Waals surface area contributed by atoms with Crippen molar-refractivity contribution in [1.82, 2.24) is 5.32 Å². The third-order valence-electron chi connectivity index (χ3n) is 2.77. The number of amides is 1. The van der Waals surface area contributed by atoms with Crippen molar-refractivity contribution < 1.29 is 14.7 Å². The van der Waals surface area contributed by atoms with Crippen LogP contribution in [-0.4, -0.2) is 29.2 Å². The van der Waals surface area contributed by atoms with Gasteiger partial charge in [0, 0.05) is 12.3 Å². The molecule has 0 spiro atoms. The van der Waals surface area contributed by atoms with Gasteiger partial charge in [-0.2, -0.15) is 0 Å². The molecule has 17 heavy (non-hydrogen) atoms. The minimum Gasteiger partial charge on any atom is -0.444 e. The highest BCUT2D eigenvalue weighted by Gasteiger charge is 2.23. The molecule has 0 radical (unpaired) electrons. The molecule has 0 unspecified atom stereocenters. The van der Waals surface area contributed by atoms with Gasteiger partial charge in [-0.3, -0.25) is 0 Å². The van der Waals surface area contributed by atoms with E-state index in [2.05, 4.69) is 10.5 Å². The summed E-state index contributed by atoms with van der Waals surface area (Å²) in [4.78, 5) is 11.5. The van der Waals surface area contributed by atoms with Gasteiger partial charge in [0.2, 0.25) is 0 Å². The molecular formula is C12H22N2O3. The van der Waals surface area contributed by atoms with Crippen LogP contribution in [0.4, 0.5) is 4.79 Å². The molecule has 1 saturated carbocycles. The van der Waals surface area contributed by atoms with Gasteiger partial charge in [0.1, 0.15) is 5.60 Å². The van der Waals surface area contributed by atoms with Crippen LogP contribution < -0.4 is 5.32 Å². The molecule has 1 aliphatic carbocycles. The van der Waals surface area contributed by atoms with E-state index in [-0.39, 0.29) is 12.1 Å². The van der Waals surface area contributed by atoms with Gasteiger partial charge >= 0.3 is 6.09 Å². The van der Waals surface area contributed by atoms with E-state index in [9.17, 15) is 4.79 Å². The third kappa shape index (κ3) is 5.56. The smallest absolute Gasteiger partial charge is 0.407 e. The summed E-state index contributed by atoms with van der Waals surface area (Å²) in [6, 6.07) is 0.174. The van der Waals surface area contributed by atoms with Gasteiger partial charge in [0.15, 0.2) is 0 Å². The largest absolute Gasteiger partial charge is 0.444 e. The lowest BCUT2D eigenvalue weighted by Crippen LogP contribution is -2.41. The van der Waals surface area contributed by atoms with E-state index >= 15 is 0 Å². The minimum absolute atomic E-state index is 0.174. The molecule has 0 atom stereocenters. The molecule has 5 nitrogen and oxygen atoms in total. The van der Waals surface area contributed by atoms with E-state index in [0.717, 1.165) is 25.7 Å². The quantitative estimate of drug-likeness (QED) is 0.444. The lowest BCUT2D eigenvalue weighted by Gasteiger charge is -2.28. The number of nitrogens with one attached hydrogen (secondary N) is 1. The van der Waals surface area contributed by atoms with E-state index in [1.807, 2.05) is 20.8 Å². The van der Waals surface area contributed by atoms with Crippen LogP contribution in [0.15, 0.2) is 5.16 Å². The highest BCUT2D eigenvalue weighted by Crippen LogP contribution is 2.23. The molecule has 0 saturated heterocycles. The number of alkyl carbamates (subject to hydrolysis) is 1. The van der Waals surface area contributed by atoms with Gasteiger partial charge in [-0.15, -0.1) is 5.16 Å². The van der Waals surface area contributed by atoms with Gasteiger partial charge in [0.05, 0.1) is 0 Å². The Morgan fingerprint density at radius 3 is 2.41 bits per heavy atom. The number of ether oxygens (including phenoxy) is 1. The average Bonchev–Trinajstić information content (AvgIpc) is 2.18. The van der Waals surface area contributed by atoms with Crippen molar-refractivity contribution in [2.75, 3.05) is 0 Å². The maximum Gasteiger partial charge on any atom is 0.407 e. The predicted molar refractivity (Wildman–Crippen MR) is 65.4 cm³/mol. The van der Waals surface area contributed by atoms with Crippen LogP contribution in [0.1, 0.15) is 46.5 Å². The van der Waals surface area contributed by atoms with Gasteiger partial charge < -0.3 is 15.3 Å². The van der Waals surface area contributed by atoms with Gasteiger partial charge in [-0.05, 0) is 52.4 Å².